The summed E-state index contributed by atoms with van der Waals surface area (Å²) in [5, 5.41) is 3.52. The van der Waals surface area contributed by atoms with E-state index in [4.69, 9.17) is 4.42 Å². The van der Waals surface area contributed by atoms with Gasteiger partial charge >= 0.3 is 0 Å². The highest BCUT2D eigenvalue weighted by Gasteiger charge is 2.21. The van der Waals surface area contributed by atoms with Crippen molar-refractivity contribution in [2.24, 2.45) is 0 Å². The minimum Gasteiger partial charge on any atom is -0.463 e. The molecular formula is C16H28N2O. The molecule has 1 aromatic heterocycles. The van der Waals surface area contributed by atoms with Gasteiger partial charge in [0, 0.05) is 12.1 Å². The van der Waals surface area contributed by atoms with Gasteiger partial charge in [-0.1, -0.05) is 13.8 Å². The summed E-state index contributed by atoms with van der Waals surface area (Å²) in [4.78, 5) is 2.40. The SMILES string of the molecule is CCC(CC)N(C)Cc1cc(C)c(CNC2CC2)o1. The van der Waals surface area contributed by atoms with Crippen molar-refractivity contribution in [1.82, 2.24) is 10.2 Å². The molecule has 1 fully saturated rings. The van der Waals surface area contributed by atoms with Crippen LogP contribution in [0, 0.1) is 6.92 Å². The Morgan fingerprint density at radius 3 is 2.63 bits per heavy atom. The maximum absolute atomic E-state index is 6.00. The van der Waals surface area contributed by atoms with Crippen LogP contribution < -0.4 is 5.32 Å². The monoisotopic (exact) mass is 264 g/mol. The van der Waals surface area contributed by atoms with Gasteiger partial charge in [-0.05, 0) is 51.3 Å². The first kappa shape index (κ1) is 14.6. The lowest BCUT2D eigenvalue weighted by molar-refractivity contribution is 0.204. The standard InChI is InChI=1S/C16H28N2O/c1-5-14(6-2)18(4)11-15-9-12(3)16(19-15)10-17-13-7-8-13/h9,13-14,17H,5-8,10-11H2,1-4H3. The summed E-state index contributed by atoms with van der Waals surface area (Å²) < 4.78 is 6.00. The first-order valence-corrected chi connectivity index (χ1v) is 7.65. The summed E-state index contributed by atoms with van der Waals surface area (Å²) in [5.74, 6) is 2.21. The summed E-state index contributed by atoms with van der Waals surface area (Å²) >= 11 is 0. The van der Waals surface area contributed by atoms with E-state index in [0.29, 0.717) is 6.04 Å². The molecule has 0 bridgehead atoms. The third-order valence-electron chi connectivity index (χ3n) is 4.17. The zero-order valence-electron chi connectivity index (χ0n) is 12.8. The molecule has 1 aliphatic carbocycles. The van der Waals surface area contributed by atoms with Crippen molar-refractivity contribution >= 4 is 0 Å². The van der Waals surface area contributed by atoms with E-state index in [0.717, 1.165) is 30.7 Å². The fourth-order valence-electron chi connectivity index (χ4n) is 2.66. The number of hydrogen-bond donors (Lipinski definition) is 1. The van der Waals surface area contributed by atoms with Crippen LogP contribution in [0.2, 0.25) is 0 Å². The average Bonchev–Trinajstić information content (AvgIpc) is 3.14. The molecule has 19 heavy (non-hydrogen) atoms. The van der Waals surface area contributed by atoms with Gasteiger partial charge in [-0.25, -0.2) is 0 Å². The lowest BCUT2D eigenvalue weighted by Crippen LogP contribution is -2.29. The van der Waals surface area contributed by atoms with E-state index in [1.165, 1.54) is 31.2 Å². The van der Waals surface area contributed by atoms with Gasteiger partial charge in [-0.15, -0.1) is 0 Å². The van der Waals surface area contributed by atoms with E-state index < -0.39 is 0 Å². The molecule has 0 amide bonds. The second-order valence-electron chi connectivity index (χ2n) is 5.86. The molecule has 1 aromatic rings. The highest BCUT2D eigenvalue weighted by Crippen LogP contribution is 2.22. The van der Waals surface area contributed by atoms with Crippen LogP contribution in [0.3, 0.4) is 0 Å². The van der Waals surface area contributed by atoms with Crippen molar-refractivity contribution in [2.75, 3.05) is 7.05 Å². The topological polar surface area (TPSA) is 28.4 Å². The minimum absolute atomic E-state index is 0.651. The zero-order valence-corrected chi connectivity index (χ0v) is 12.8. The Labute approximate surface area is 117 Å². The van der Waals surface area contributed by atoms with Crippen LogP contribution in [-0.2, 0) is 13.1 Å². The Kier molecular flexibility index (Phi) is 5.06. The van der Waals surface area contributed by atoms with Crippen molar-refractivity contribution in [3.8, 4) is 0 Å². The van der Waals surface area contributed by atoms with E-state index in [1.54, 1.807) is 0 Å². The maximum atomic E-state index is 6.00. The molecule has 1 saturated carbocycles. The summed E-state index contributed by atoms with van der Waals surface area (Å²) in [6.45, 7) is 8.45. The van der Waals surface area contributed by atoms with Crippen molar-refractivity contribution in [3.63, 3.8) is 0 Å². The molecular weight excluding hydrogens is 236 g/mol. The Balaban J connectivity index is 1.90. The van der Waals surface area contributed by atoms with Gasteiger partial charge < -0.3 is 9.73 Å². The first-order chi connectivity index (χ1) is 9.13. The van der Waals surface area contributed by atoms with E-state index in [-0.39, 0.29) is 0 Å². The molecule has 1 N–H and O–H groups in total. The largest absolute Gasteiger partial charge is 0.463 e. The van der Waals surface area contributed by atoms with Gasteiger partial charge in [0.15, 0.2) is 0 Å². The molecule has 1 aliphatic rings. The number of rotatable bonds is 8. The van der Waals surface area contributed by atoms with Crippen molar-refractivity contribution in [3.05, 3.63) is 23.2 Å². The van der Waals surface area contributed by atoms with E-state index in [9.17, 15) is 0 Å². The third kappa shape index (κ3) is 4.08. The molecule has 2 rings (SSSR count). The Morgan fingerprint density at radius 1 is 1.37 bits per heavy atom. The van der Waals surface area contributed by atoms with Crippen molar-refractivity contribution in [1.29, 1.82) is 0 Å². The molecule has 0 unspecified atom stereocenters. The van der Waals surface area contributed by atoms with Crippen LogP contribution in [0.5, 0.6) is 0 Å². The van der Waals surface area contributed by atoms with Crippen LogP contribution in [0.1, 0.15) is 56.6 Å². The van der Waals surface area contributed by atoms with Gasteiger partial charge in [-0.3, -0.25) is 4.90 Å². The predicted octanol–water partition coefficient (Wildman–Crippen LogP) is 3.46. The number of nitrogens with one attached hydrogen (secondary N) is 1. The van der Waals surface area contributed by atoms with E-state index in [2.05, 4.69) is 44.1 Å². The molecule has 0 atom stereocenters. The highest BCUT2D eigenvalue weighted by molar-refractivity contribution is 5.20. The van der Waals surface area contributed by atoms with Crippen LogP contribution in [0.15, 0.2) is 10.5 Å². The quantitative estimate of drug-likeness (QED) is 0.779. The minimum atomic E-state index is 0.651. The Morgan fingerprint density at radius 2 is 2.05 bits per heavy atom. The lowest BCUT2D eigenvalue weighted by atomic mass is 10.1. The smallest absolute Gasteiger partial charge is 0.120 e. The molecule has 0 aromatic carbocycles. The second-order valence-corrected chi connectivity index (χ2v) is 5.86. The van der Waals surface area contributed by atoms with Gasteiger partial charge in [0.25, 0.3) is 0 Å². The molecule has 0 saturated heterocycles. The lowest BCUT2D eigenvalue weighted by Gasteiger charge is -2.24. The Bertz CT molecular complexity index is 391. The maximum Gasteiger partial charge on any atom is 0.120 e. The van der Waals surface area contributed by atoms with Crippen LogP contribution >= 0.6 is 0 Å². The molecule has 3 heteroatoms. The van der Waals surface area contributed by atoms with Crippen LogP contribution in [0.25, 0.3) is 0 Å². The van der Waals surface area contributed by atoms with Crippen LogP contribution in [-0.4, -0.2) is 24.0 Å². The number of furan rings is 1. The molecule has 1 heterocycles. The number of hydrogen-bond acceptors (Lipinski definition) is 3. The molecule has 108 valence electrons. The molecule has 0 radical (unpaired) electrons. The summed E-state index contributed by atoms with van der Waals surface area (Å²) in [6.07, 6.45) is 5.04. The van der Waals surface area contributed by atoms with Gasteiger partial charge in [-0.2, -0.15) is 0 Å². The molecule has 0 aliphatic heterocycles. The van der Waals surface area contributed by atoms with Crippen molar-refractivity contribution < 1.29 is 4.42 Å². The van der Waals surface area contributed by atoms with Gasteiger partial charge in [0.1, 0.15) is 11.5 Å². The second kappa shape index (κ2) is 6.58. The summed E-state index contributed by atoms with van der Waals surface area (Å²) in [7, 11) is 2.19. The third-order valence-corrected chi connectivity index (χ3v) is 4.17. The molecule has 3 nitrogen and oxygen atoms in total. The normalized spacial score (nSPS) is 15.7. The van der Waals surface area contributed by atoms with E-state index >= 15 is 0 Å². The Hall–Kier alpha value is -0.800. The zero-order chi connectivity index (χ0) is 13.8. The average molecular weight is 264 g/mol. The predicted molar refractivity (Wildman–Crippen MR) is 79.1 cm³/mol. The summed E-state index contributed by atoms with van der Waals surface area (Å²) in [5.41, 5.74) is 1.28. The highest BCUT2D eigenvalue weighted by atomic mass is 16.3. The number of nitrogens with zero attached hydrogens (tertiary/aromatic N) is 1. The molecule has 0 spiro atoms. The summed E-state index contributed by atoms with van der Waals surface area (Å²) in [6, 6.07) is 3.58. The van der Waals surface area contributed by atoms with Gasteiger partial charge in [0.05, 0.1) is 13.1 Å². The number of aryl methyl sites for hydroxylation is 1. The van der Waals surface area contributed by atoms with Crippen molar-refractivity contribution in [2.45, 2.75) is 71.6 Å². The fourth-order valence-corrected chi connectivity index (χ4v) is 2.66. The van der Waals surface area contributed by atoms with Crippen LogP contribution in [0.4, 0.5) is 0 Å². The first-order valence-electron chi connectivity index (χ1n) is 7.65. The van der Waals surface area contributed by atoms with Gasteiger partial charge in [0.2, 0.25) is 0 Å². The fraction of sp³-hybridized carbons (Fsp3) is 0.750. The van der Waals surface area contributed by atoms with E-state index in [1.807, 2.05) is 0 Å².